The van der Waals surface area contributed by atoms with E-state index in [1.54, 1.807) is 24.5 Å². The summed E-state index contributed by atoms with van der Waals surface area (Å²) < 4.78 is 33.3. The summed E-state index contributed by atoms with van der Waals surface area (Å²) in [5, 5.41) is 0. The van der Waals surface area contributed by atoms with E-state index in [9.17, 15) is 14.4 Å². The van der Waals surface area contributed by atoms with E-state index in [4.69, 9.17) is 19.9 Å². The fourth-order valence-electron chi connectivity index (χ4n) is 3.68. The summed E-state index contributed by atoms with van der Waals surface area (Å²) >= 11 is 0. The van der Waals surface area contributed by atoms with Crippen LogP contribution in [0.25, 0.3) is 11.2 Å². The molecule has 4 rings (SSSR count). The summed E-state index contributed by atoms with van der Waals surface area (Å²) in [6.45, 7) is 1.96. The molecule has 12 nitrogen and oxygen atoms in total. The van der Waals surface area contributed by atoms with Crippen LogP contribution < -0.4 is 11.4 Å². The predicted octanol–water partition coefficient (Wildman–Crippen LogP) is 0.349. The number of fused-ring (bicyclic) bond motifs is 1. The predicted molar refractivity (Wildman–Crippen MR) is 111 cm³/mol. The summed E-state index contributed by atoms with van der Waals surface area (Å²) in [6, 6.07) is 3.50. The third-order valence-electron chi connectivity index (χ3n) is 5.06. The van der Waals surface area contributed by atoms with Gasteiger partial charge in [-0.2, -0.15) is 4.98 Å². The molecule has 4 heterocycles. The zero-order chi connectivity index (χ0) is 23.7. The second-order valence-electron chi connectivity index (χ2n) is 7.42. The lowest BCUT2D eigenvalue weighted by atomic mass is 10.1. The smallest absolute Gasteiger partial charge is 0.332 e. The molecule has 1 aliphatic rings. The maximum atomic E-state index is 15.2. The summed E-state index contributed by atoms with van der Waals surface area (Å²) in [5.41, 5.74) is 6.22. The number of anilines is 1. The highest BCUT2D eigenvalue weighted by molar-refractivity contribution is 5.72. The largest absolute Gasteiger partial charge is 0.463 e. The number of carbonyl (C=O) groups is 2. The summed E-state index contributed by atoms with van der Waals surface area (Å²) in [5.74, 6) is -1.53. The van der Waals surface area contributed by atoms with E-state index in [1.165, 1.54) is 17.7 Å². The van der Waals surface area contributed by atoms with Crippen LogP contribution in [0.1, 0.15) is 25.6 Å². The number of imidazole rings is 1. The van der Waals surface area contributed by atoms with Gasteiger partial charge in [0.2, 0.25) is 5.95 Å². The average Bonchev–Trinajstić information content (AvgIpc) is 3.20. The molecule has 0 bridgehead atoms. The molecule has 2 N–H and O–H groups in total. The molecule has 0 saturated carbocycles. The van der Waals surface area contributed by atoms with E-state index in [2.05, 4.69) is 15.0 Å². The molecule has 3 aromatic heterocycles. The van der Waals surface area contributed by atoms with Crippen molar-refractivity contribution in [2.75, 3.05) is 12.3 Å². The van der Waals surface area contributed by atoms with Gasteiger partial charge in [0.15, 0.2) is 24.2 Å². The highest BCUT2D eigenvalue weighted by Crippen LogP contribution is 2.35. The van der Waals surface area contributed by atoms with Crippen LogP contribution >= 0.6 is 0 Å². The lowest BCUT2D eigenvalue weighted by molar-refractivity contribution is -0.154. The number of nitrogens with two attached hydrogens (primary N) is 1. The number of alkyl halides is 1. The second kappa shape index (κ2) is 8.94. The van der Waals surface area contributed by atoms with Crippen molar-refractivity contribution in [2.45, 2.75) is 45.0 Å². The van der Waals surface area contributed by atoms with Gasteiger partial charge in [-0.25, -0.2) is 18.7 Å². The number of rotatable bonds is 6. The van der Waals surface area contributed by atoms with Gasteiger partial charge in [-0.15, -0.1) is 0 Å². The van der Waals surface area contributed by atoms with Crippen LogP contribution in [0.3, 0.4) is 0 Å². The molecule has 1 aliphatic heterocycles. The summed E-state index contributed by atoms with van der Waals surface area (Å²) in [7, 11) is 0. The Morgan fingerprint density at radius 2 is 2.06 bits per heavy atom. The molecule has 3 aromatic rings. The van der Waals surface area contributed by atoms with Crippen LogP contribution in [-0.2, 0) is 30.3 Å². The Morgan fingerprint density at radius 1 is 1.27 bits per heavy atom. The van der Waals surface area contributed by atoms with E-state index in [-0.39, 0.29) is 18.1 Å². The Bertz CT molecular complexity index is 1250. The summed E-state index contributed by atoms with van der Waals surface area (Å²) in [4.78, 5) is 48.5. The minimum atomic E-state index is -1.87. The van der Waals surface area contributed by atoms with Gasteiger partial charge in [-0.05, 0) is 11.6 Å². The number of pyridine rings is 1. The van der Waals surface area contributed by atoms with Crippen molar-refractivity contribution in [3.05, 3.63) is 46.8 Å². The second-order valence-corrected chi connectivity index (χ2v) is 7.42. The van der Waals surface area contributed by atoms with Gasteiger partial charge in [0.1, 0.15) is 18.2 Å². The maximum absolute atomic E-state index is 15.2. The van der Waals surface area contributed by atoms with Crippen LogP contribution in [0.5, 0.6) is 0 Å². The van der Waals surface area contributed by atoms with E-state index < -0.39 is 48.8 Å². The Kier molecular flexibility index (Phi) is 6.05. The lowest BCUT2D eigenvalue weighted by Gasteiger charge is -2.19. The fourth-order valence-corrected chi connectivity index (χ4v) is 3.68. The Balaban J connectivity index is 1.82. The number of nitrogens with zero attached hydrogens (tertiary/aromatic N) is 5. The molecule has 0 spiro atoms. The van der Waals surface area contributed by atoms with E-state index in [0.717, 1.165) is 17.1 Å². The van der Waals surface area contributed by atoms with Crippen molar-refractivity contribution in [3.8, 4) is 0 Å². The van der Waals surface area contributed by atoms with Gasteiger partial charge in [0, 0.05) is 26.2 Å². The number of nitrogen functional groups attached to an aromatic ring is 1. The summed E-state index contributed by atoms with van der Waals surface area (Å²) in [6.07, 6.45) is -1.47. The van der Waals surface area contributed by atoms with Crippen LogP contribution in [-0.4, -0.2) is 61.0 Å². The third-order valence-corrected chi connectivity index (χ3v) is 5.06. The van der Waals surface area contributed by atoms with Crippen molar-refractivity contribution in [3.63, 3.8) is 0 Å². The Morgan fingerprint density at radius 3 is 2.73 bits per heavy atom. The molecule has 0 aliphatic carbocycles. The first-order valence-electron chi connectivity index (χ1n) is 9.98. The Hall–Kier alpha value is -3.87. The van der Waals surface area contributed by atoms with Gasteiger partial charge < -0.3 is 19.9 Å². The first-order valence-corrected chi connectivity index (χ1v) is 9.98. The molecule has 4 atom stereocenters. The van der Waals surface area contributed by atoms with Gasteiger partial charge in [-0.3, -0.25) is 19.1 Å². The van der Waals surface area contributed by atoms with Crippen LogP contribution in [0.15, 0.2) is 35.5 Å². The van der Waals surface area contributed by atoms with Gasteiger partial charge in [0.25, 0.3) is 0 Å². The van der Waals surface area contributed by atoms with Gasteiger partial charge >= 0.3 is 17.6 Å². The minimum Gasteiger partial charge on any atom is -0.463 e. The van der Waals surface area contributed by atoms with Crippen molar-refractivity contribution in [1.29, 1.82) is 0 Å². The average molecular weight is 460 g/mol. The zero-order valence-electron chi connectivity index (χ0n) is 17.8. The molecule has 0 amide bonds. The van der Waals surface area contributed by atoms with Gasteiger partial charge in [-0.1, -0.05) is 6.07 Å². The number of hydrogen-bond acceptors (Lipinski definition) is 10. The van der Waals surface area contributed by atoms with Crippen LogP contribution in [0, 0.1) is 0 Å². The van der Waals surface area contributed by atoms with E-state index in [1.807, 2.05) is 0 Å². The highest BCUT2D eigenvalue weighted by atomic mass is 19.1. The fraction of sp³-hybridized carbons (Fsp3) is 0.400. The lowest BCUT2D eigenvalue weighted by Crippen LogP contribution is -2.37. The number of esters is 2. The standard InChI is InChI=1S/C20H21FN6O6/c1-10(28)31-9-14-15(21)16(32-11(2)29)18(33-14)27-17-13(7-24-19(22)25-17)26(20(27)30)8-12-4-3-5-23-6-12/h3-7,14-16,18H,8-9H2,1-2H3,(H2,22,24,25)/t14-,15-,16-,18-/m1/s1. The minimum absolute atomic E-state index is 0.0684. The van der Waals surface area contributed by atoms with E-state index in [0.29, 0.717) is 5.52 Å². The first kappa shape index (κ1) is 22.3. The number of halogens is 1. The quantitative estimate of drug-likeness (QED) is 0.510. The molecular weight excluding hydrogens is 439 g/mol. The third kappa shape index (κ3) is 4.39. The molecule has 0 aromatic carbocycles. The van der Waals surface area contributed by atoms with Crippen LogP contribution in [0.4, 0.5) is 10.3 Å². The highest BCUT2D eigenvalue weighted by Gasteiger charge is 2.50. The molecular formula is C20H21FN6O6. The van der Waals surface area contributed by atoms with Crippen molar-refractivity contribution in [2.24, 2.45) is 0 Å². The zero-order valence-corrected chi connectivity index (χ0v) is 17.8. The topological polar surface area (TPSA) is 153 Å². The monoisotopic (exact) mass is 460 g/mol. The van der Waals surface area contributed by atoms with Gasteiger partial charge in [0.05, 0.1) is 12.7 Å². The van der Waals surface area contributed by atoms with Crippen LogP contribution in [0.2, 0.25) is 0 Å². The molecule has 13 heteroatoms. The first-order chi connectivity index (χ1) is 15.8. The normalized spacial score (nSPS) is 22.4. The van der Waals surface area contributed by atoms with E-state index >= 15 is 4.39 Å². The molecule has 1 saturated heterocycles. The molecule has 1 fully saturated rings. The number of hydrogen-bond donors (Lipinski definition) is 1. The SMILES string of the molecule is CC(=O)OC[C@H]1O[C@@H](n2c(=O)n(Cc3cccnc3)c3cnc(N)nc32)[C@H](OC(C)=O)[C@@H]1F. The molecule has 0 unspecified atom stereocenters. The van der Waals surface area contributed by atoms with Crippen molar-refractivity contribution >= 4 is 29.1 Å². The number of aromatic nitrogens is 5. The molecule has 174 valence electrons. The molecule has 0 radical (unpaired) electrons. The maximum Gasteiger partial charge on any atom is 0.332 e. The Labute approximate surface area is 186 Å². The number of ether oxygens (including phenoxy) is 3. The van der Waals surface area contributed by atoms with Crippen molar-refractivity contribution < 1.29 is 28.2 Å². The number of carbonyl (C=O) groups excluding carboxylic acids is 2. The van der Waals surface area contributed by atoms with Crippen molar-refractivity contribution in [1.82, 2.24) is 24.1 Å². The molecule has 33 heavy (non-hydrogen) atoms.